The van der Waals surface area contributed by atoms with Gasteiger partial charge < -0.3 is 9.73 Å². The minimum absolute atomic E-state index is 0.211. The third kappa shape index (κ3) is 3.69. The number of aromatic nitrogens is 2. The zero-order valence-electron chi connectivity index (χ0n) is 19.4. The van der Waals surface area contributed by atoms with Crippen molar-refractivity contribution >= 4 is 17.5 Å². The van der Waals surface area contributed by atoms with E-state index in [4.69, 9.17) is 4.42 Å². The van der Waals surface area contributed by atoms with Gasteiger partial charge in [0.1, 0.15) is 16.9 Å². The fourth-order valence-electron chi connectivity index (χ4n) is 4.43. The first-order chi connectivity index (χ1) is 16.4. The highest BCUT2D eigenvalue weighted by atomic mass is 16.3. The molecule has 0 spiro atoms. The van der Waals surface area contributed by atoms with E-state index >= 15 is 0 Å². The van der Waals surface area contributed by atoms with Crippen LogP contribution in [0.4, 0.5) is 5.69 Å². The Morgan fingerprint density at radius 2 is 1.88 bits per heavy atom. The van der Waals surface area contributed by atoms with E-state index in [1.165, 1.54) is 0 Å². The highest BCUT2D eigenvalue weighted by molar-refractivity contribution is 6.12. The number of fused-ring (bicyclic) bond motifs is 1. The number of carbonyl (C=O) groups is 2. The molecule has 2 aromatic carbocycles. The second kappa shape index (κ2) is 8.33. The van der Waals surface area contributed by atoms with Crippen LogP contribution >= 0.6 is 0 Å². The number of carbonyl (C=O) groups excluding carboxylic acids is 2. The van der Waals surface area contributed by atoms with Crippen LogP contribution in [0.1, 0.15) is 34.1 Å². The third-order valence-corrected chi connectivity index (χ3v) is 6.32. The monoisotopic (exact) mass is 454 g/mol. The topological polar surface area (TPSA) is 80.4 Å². The molecule has 3 heterocycles. The Balaban J connectivity index is 1.58. The average molecular weight is 455 g/mol. The van der Waals surface area contributed by atoms with Crippen LogP contribution in [0.3, 0.4) is 0 Å². The maximum Gasteiger partial charge on any atom is 0.277 e. The summed E-state index contributed by atoms with van der Waals surface area (Å²) in [6, 6.07) is 20.9. The molecular weight excluding hydrogens is 428 g/mol. The molecule has 7 nitrogen and oxygen atoms in total. The summed E-state index contributed by atoms with van der Waals surface area (Å²) >= 11 is 0. The van der Waals surface area contributed by atoms with Gasteiger partial charge in [-0.1, -0.05) is 42.5 Å². The van der Waals surface area contributed by atoms with Gasteiger partial charge in [-0.2, -0.15) is 5.10 Å². The molecular formula is C27H26N4O3. The maximum atomic E-state index is 13.9. The summed E-state index contributed by atoms with van der Waals surface area (Å²) in [4.78, 5) is 29.2. The molecule has 0 saturated carbocycles. The van der Waals surface area contributed by atoms with Crippen LogP contribution in [0, 0.1) is 13.8 Å². The van der Waals surface area contributed by atoms with Crippen LogP contribution in [0.5, 0.6) is 0 Å². The molecule has 5 rings (SSSR count). The number of rotatable bonds is 5. The van der Waals surface area contributed by atoms with E-state index < -0.39 is 5.54 Å². The van der Waals surface area contributed by atoms with Gasteiger partial charge in [0.05, 0.1) is 12.8 Å². The fourth-order valence-corrected chi connectivity index (χ4v) is 4.43. The molecule has 0 aliphatic carbocycles. The molecule has 0 radical (unpaired) electrons. The van der Waals surface area contributed by atoms with Crippen LogP contribution in [0.2, 0.25) is 0 Å². The quantitative estimate of drug-likeness (QED) is 0.482. The van der Waals surface area contributed by atoms with Crippen molar-refractivity contribution in [2.45, 2.75) is 39.4 Å². The highest BCUT2D eigenvalue weighted by Crippen LogP contribution is 2.36. The second-order valence-corrected chi connectivity index (χ2v) is 8.92. The second-order valence-electron chi connectivity index (χ2n) is 8.92. The first-order valence-corrected chi connectivity index (χ1v) is 11.2. The molecule has 4 aromatic rings. The van der Waals surface area contributed by atoms with Crippen LogP contribution in [-0.4, -0.2) is 27.1 Å². The zero-order chi connectivity index (χ0) is 23.9. The number of amides is 2. The molecule has 1 aliphatic rings. The maximum absolute atomic E-state index is 13.9. The van der Waals surface area contributed by atoms with Gasteiger partial charge >= 0.3 is 0 Å². The molecule has 2 amide bonds. The number of nitrogens with one attached hydrogen (secondary N) is 1. The van der Waals surface area contributed by atoms with Crippen molar-refractivity contribution in [2.75, 3.05) is 4.90 Å². The number of furan rings is 1. The van der Waals surface area contributed by atoms with Gasteiger partial charge in [0, 0.05) is 18.3 Å². The van der Waals surface area contributed by atoms with Crippen molar-refractivity contribution < 1.29 is 14.0 Å². The van der Waals surface area contributed by atoms with E-state index in [-0.39, 0.29) is 18.4 Å². The molecule has 0 bridgehead atoms. The number of nitrogens with zero attached hydrogens (tertiary/aromatic N) is 3. The normalized spacial score (nSPS) is 17.5. The lowest BCUT2D eigenvalue weighted by Crippen LogP contribution is -2.64. The minimum atomic E-state index is -1.19. The lowest BCUT2D eigenvalue weighted by Gasteiger charge is -2.43. The minimum Gasteiger partial charge on any atom is -0.463 e. The molecule has 0 unspecified atom stereocenters. The van der Waals surface area contributed by atoms with E-state index in [1.807, 2.05) is 62.4 Å². The van der Waals surface area contributed by atoms with Crippen LogP contribution in [0.15, 0.2) is 77.4 Å². The van der Waals surface area contributed by atoms with Gasteiger partial charge in [0.25, 0.3) is 5.91 Å². The summed E-state index contributed by atoms with van der Waals surface area (Å²) in [5.41, 5.74) is 3.41. The number of hydrogen-bond acceptors (Lipinski definition) is 4. The van der Waals surface area contributed by atoms with Crippen molar-refractivity contribution in [3.05, 3.63) is 95.4 Å². The Bertz CT molecular complexity index is 1360. The predicted octanol–water partition coefficient (Wildman–Crippen LogP) is 4.50. The van der Waals surface area contributed by atoms with Gasteiger partial charge in [-0.05, 0) is 55.7 Å². The number of benzene rings is 2. The molecule has 1 N–H and O–H groups in total. The first kappa shape index (κ1) is 21.7. The summed E-state index contributed by atoms with van der Waals surface area (Å²) in [6.07, 6.45) is 1.57. The average Bonchev–Trinajstić information content (AvgIpc) is 3.50. The van der Waals surface area contributed by atoms with E-state index in [9.17, 15) is 9.59 Å². The van der Waals surface area contributed by atoms with E-state index in [2.05, 4.69) is 10.4 Å². The Hall–Kier alpha value is -4.13. The van der Waals surface area contributed by atoms with E-state index in [0.717, 1.165) is 16.7 Å². The van der Waals surface area contributed by atoms with Gasteiger partial charge in [0.2, 0.25) is 5.91 Å². The Kier molecular flexibility index (Phi) is 5.32. The Morgan fingerprint density at radius 1 is 1.09 bits per heavy atom. The van der Waals surface area contributed by atoms with E-state index in [0.29, 0.717) is 29.4 Å². The molecule has 0 fully saturated rings. The predicted molar refractivity (Wildman–Crippen MR) is 129 cm³/mol. The van der Waals surface area contributed by atoms with Crippen molar-refractivity contribution in [3.8, 4) is 11.5 Å². The lowest BCUT2D eigenvalue weighted by molar-refractivity contribution is -0.126. The molecule has 7 heteroatoms. The molecule has 0 saturated heterocycles. The Labute approximate surface area is 198 Å². The molecule has 1 atom stereocenters. The smallest absolute Gasteiger partial charge is 0.277 e. The fraction of sp³-hybridized carbons (Fsp3) is 0.222. The van der Waals surface area contributed by atoms with Crippen LogP contribution < -0.4 is 10.2 Å². The number of aryl methyl sites for hydroxylation is 2. The SMILES string of the molecule is Cc1ccc(C)c(N2C(=O)c3cc(-c4ccco4)nn3C[C@]2(C)C(=O)NCc2ccccc2)c1. The first-order valence-electron chi connectivity index (χ1n) is 11.2. The van der Waals surface area contributed by atoms with Gasteiger partial charge in [0.15, 0.2) is 5.76 Å². The Morgan fingerprint density at radius 3 is 2.62 bits per heavy atom. The van der Waals surface area contributed by atoms with Crippen LogP contribution in [0.25, 0.3) is 11.5 Å². The summed E-state index contributed by atoms with van der Waals surface area (Å²) in [6.45, 7) is 6.30. The van der Waals surface area contributed by atoms with Gasteiger partial charge in [-0.25, -0.2) is 0 Å². The van der Waals surface area contributed by atoms with E-state index in [1.54, 1.807) is 41.0 Å². The lowest BCUT2D eigenvalue weighted by atomic mass is 9.92. The van der Waals surface area contributed by atoms with Gasteiger partial charge in [-0.15, -0.1) is 0 Å². The van der Waals surface area contributed by atoms with Crippen molar-refractivity contribution in [2.24, 2.45) is 0 Å². The van der Waals surface area contributed by atoms with Crippen molar-refractivity contribution in [3.63, 3.8) is 0 Å². The van der Waals surface area contributed by atoms with Gasteiger partial charge in [-0.3, -0.25) is 19.2 Å². The number of hydrogen-bond donors (Lipinski definition) is 1. The molecule has 1 aliphatic heterocycles. The summed E-state index contributed by atoms with van der Waals surface area (Å²) in [7, 11) is 0. The van der Waals surface area contributed by atoms with Crippen molar-refractivity contribution in [1.82, 2.24) is 15.1 Å². The number of anilines is 1. The van der Waals surface area contributed by atoms with Crippen LogP contribution in [-0.2, 0) is 17.9 Å². The summed E-state index contributed by atoms with van der Waals surface area (Å²) < 4.78 is 7.10. The molecule has 172 valence electrons. The third-order valence-electron chi connectivity index (χ3n) is 6.32. The molecule has 2 aromatic heterocycles. The zero-order valence-corrected chi connectivity index (χ0v) is 19.4. The largest absolute Gasteiger partial charge is 0.463 e. The molecule has 34 heavy (non-hydrogen) atoms. The highest BCUT2D eigenvalue weighted by Gasteiger charge is 2.49. The summed E-state index contributed by atoms with van der Waals surface area (Å²) in [5, 5.41) is 7.64. The van der Waals surface area contributed by atoms with Crippen molar-refractivity contribution in [1.29, 1.82) is 0 Å². The standard InChI is InChI=1S/C27H26N4O3/c1-18-11-12-19(2)22(14-18)31-25(32)23-15-21(24-10-7-13-34-24)29-30(23)17-27(31,3)26(33)28-16-20-8-5-4-6-9-20/h4-15H,16-17H2,1-3H3,(H,28,33)/t27-/m1/s1. The summed E-state index contributed by atoms with van der Waals surface area (Å²) in [5.74, 6) is 0.0529.